The molecule has 0 bridgehead atoms. The molecule has 0 spiro atoms. The minimum absolute atomic E-state index is 0.109. The molecule has 0 amide bonds. The highest BCUT2D eigenvalue weighted by Gasteiger charge is 2.12. The number of aromatic nitrogens is 1. The summed E-state index contributed by atoms with van der Waals surface area (Å²) in [5.74, 6) is 1.88. The van der Waals surface area contributed by atoms with Gasteiger partial charge in [-0.05, 0) is 24.3 Å². The lowest BCUT2D eigenvalue weighted by atomic mass is 10.1. The third-order valence-corrected chi connectivity index (χ3v) is 3.36. The van der Waals surface area contributed by atoms with E-state index in [4.69, 9.17) is 9.47 Å². The summed E-state index contributed by atoms with van der Waals surface area (Å²) >= 11 is 4.11. The van der Waals surface area contributed by atoms with E-state index in [0.717, 1.165) is 17.0 Å². The van der Waals surface area contributed by atoms with Gasteiger partial charge in [-0.15, -0.1) is 0 Å². The first-order valence-corrected chi connectivity index (χ1v) is 6.64. The first-order chi connectivity index (χ1) is 9.28. The van der Waals surface area contributed by atoms with E-state index in [2.05, 4.69) is 17.6 Å². The molecule has 3 rings (SSSR count). The van der Waals surface area contributed by atoms with Crippen LogP contribution >= 0.6 is 12.6 Å². The Kier molecular flexibility index (Phi) is 3.21. The van der Waals surface area contributed by atoms with Crippen molar-refractivity contribution in [3.05, 3.63) is 46.2 Å². The van der Waals surface area contributed by atoms with Crippen molar-refractivity contribution in [3.8, 4) is 22.8 Å². The van der Waals surface area contributed by atoms with Crippen LogP contribution in [0.4, 0.5) is 0 Å². The number of benzene rings is 1. The molecule has 0 atom stereocenters. The molecule has 2 aromatic rings. The predicted octanol–water partition coefficient (Wildman–Crippen LogP) is 2.24. The molecule has 19 heavy (non-hydrogen) atoms. The van der Waals surface area contributed by atoms with E-state index in [1.807, 2.05) is 24.3 Å². The summed E-state index contributed by atoms with van der Waals surface area (Å²) in [7, 11) is 0. The van der Waals surface area contributed by atoms with Gasteiger partial charge in [0, 0.05) is 22.6 Å². The van der Waals surface area contributed by atoms with E-state index in [1.165, 1.54) is 0 Å². The molecule has 4 nitrogen and oxygen atoms in total. The molecule has 0 fully saturated rings. The van der Waals surface area contributed by atoms with Crippen LogP contribution in [0.1, 0.15) is 5.56 Å². The van der Waals surface area contributed by atoms with Crippen molar-refractivity contribution in [2.24, 2.45) is 0 Å². The third-order valence-electron chi connectivity index (χ3n) is 3.01. The van der Waals surface area contributed by atoms with Crippen LogP contribution in [0.25, 0.3) is 11.3 Å². The summed E-state index contributed by atoms with van der Waals surface area (Å²) in [5, 5.41) is 0. The first-order valence-electron chi connectivity index (χ1n) is 6.01. The molecule has 0 unspecified atom stereocenters. The molecule has 2 heterocycles. The minimum Gasteiger partial charge on any atom is -0.486 e. The van der Waals surface area contributed by atoms with E-state index in [0.29, 0.717) is 30.3 Å². The summed E-state index contributed by atoms with van der Waals surface area (Å²) in [6, 6.07) is 9.30. The first kappa shape index (κ1) is 12.2. The van der Waals surface area contributed by atoms with Crippen molar-refractivity contribution >= 4 is 12.6 Å². The molecular formula is C14H13NO3S. The van der Waals surface area contributed by atoms with E-state index in [1.54, 1.807) is 6.07 Å². The van der Waals surface area contributed by atoms with E-state index >= 15 is 0 Å². The second-order valence-corrected chi connectivity index (χ2v) is 4.56. The SMILES string of the molecule is O=c1[nH]c(-c2ccc3c(c2)OCCO3)ccc1CS. The number of pyridine rings is 1. The minimum atomic E-state index is -0.109. The molecule has 1 N–H and O–H groups in total. The summed E-state index contributed by atoms with van der Waals surface area (Å²) in [5.41, 5.74) is 2.20. The van der Waals surface area contributed by atoms with Crippen molar-refractivity contribution in [1.82, 2.24) is 4.98 Å². The Morgan fingerprint density at radius 3 is 2.63 bits per heavy atom. The second kappa shape index (κ2) is 5.01. The summed E-state index contributed by atoms with van der Waals surface area (Å²) in [6.45, 7) is 1.12. The Labute approximate surface area is 115 Å². The van der Waals surface area contributed by atoms with Crippen molar-refractivity contribution in [2.75, 3.05) is 13.2 Å². The van der Waals surface area contributed by atoms with Gasteiger partial charge >= 0.3 is 0 Å². The fourth-order valence-electron chi connectivity index (χ4n) is 2.01. The maximum atomic E-state index is 11.8. The summed E-state index contributed by atoms with van der Waals surface area (Å²) in [4.78, 5) is 14.6. The van der Waals surface area contributed by atoms with Gasteiger partial charge in [0.1, 0.15) is 13.2 Å². The lowest BCUT2D eigenvalue weighted by molar-refractivity contribution is 0.171. The number of thiol groups is 1. The quantitative estimate of drug-likeness (QED) is 0.826. The third kappa shape index (κ3) is 2.33. The lowest BCUT2D eigenvalue weighted by Gasteiger charge is -2.18. The molecule has 1 aromatic carbocycles. The van der Waals surface area contributed by atoms with Gasteiger partial charge in [0.05, 0.1) is 0 Å². The fraction of sp³-hybridized carbons (Fsp3) is 0.214. The molecule has 98 valence electrons. The zero-order valence-corrected chi connectivity index (χ0v) is 11.1. The number of H-pyrrole nitrogens is 1. The van der Waals surface area contributed by atoms with Gasteiger partial charge in [-0.1, -0.05) is 6.07 Å². The zero-order valence-electron chi connectivity index (χ0n) is 10.2. The monoisotopic (exact) mass is 275 g/mol. The number of aromatic amines is 1. The van der Waals surface area contributed by atoms with Gasteiger partial charge < -0.3 is 14.5 Å². The Bertz CT molecular complexity index is 666. The highest BCUT2D eigenvalue weighted by atomic mass is 32.1. The van der Waals surface area contributed by atoms with Crippen molar-refractivity contribution in [3.63, 3.8) is 0 Å². The fourth-order valence-corrected chi connectivity index (χ4v) is 2.26. The molecule has 0 saturated heterocycles. The van der Waals surface area contributed by atoms with Crippen LogP contribution in [0.3, 0.4) is 0 Å². The van der Waals surface area contributed by atoms with Crippen molar-refractivity contribution in [1.29, 1.82) is 0 Å². The molecule has 1 aliphatic heterocycles. The smallest absolute Gasteiger partial charge is 0.252 e. The maximum absolute atomic E-state index is 11.8. The number of rotatable bonds is 2. The van der Waals surface area contributed by atoms with Crippen LogP contribution in [0.2, 0.25) is 0 Å². The summed E-state index contributed by atoms with van der Waals surface area (Å²) < 4.78 is 11.0. The molecule has 0 aliphatic carbocycles. The Morgan fingerprint density at radius 1 is 1.11 bits per heavy atom. The molecule has 0 radical (unpaired) electrons. The number of hydrogen-bond donors (Lipinski definition) is 2. The average molecular weight is 275 g/mol. The number of fused-ring (bicyclic) bond motifs is 1. The summed E-state index contributed by atoms with van der Waals surface area (Å²) in [6.07, 6.45) is 0. The molecular weight excluding hydrogens is 262 g/mol. The average Bonchev–Trinajstić information content (AvgIpc) is 2.46. The molecule has 1 aliphatic rings. The van der Waals surface area contributed by atoms with E-state index in [-0.39, 0.29) is 5.56 Å². The van der Waals surface area contributed by atoms with Crippen LogP contribution < -0.4 is 15.0 Å². The lowest BCUT2D eigenvalue weighted by Crippen LogP contribution is -2.15. The highest BCUT2D eigenvalue weighted by Crippen LogP contribution is 2.33. The predicted molar refractivity (Wildman–Crippen MR) is 76.2 cm³/mol. The van der Waals surface area contributed by atoms with Crippen molar-refractivity contribution < 1.29 is 9.47 Å². The highest BCUT2D eigenvalue weighted by molar-refractivity contribution is 7.79. The zero-order chi connectivity index (χ0) is 13.2. The normalized spacial score (nSPS) is 13.3. The van der Waals surface area contributed by atoms with Gasteiger partial charge in [-0.25, -0.2) is 0 Å². The van der Waals surface area contributed by atoms with Crippen LogP contribution in [0.15, 0.2) is 35.1 Å². The Hall–Kier alpha value is -1.88. The van der Waals surface area contributed by atoms with Crippen LogP contribution in [-0.2, 0) is 5.75 Å². The van der Waals surface area contributed by atoms with Gasteiger partial charge in [0.15, 0.2) is 11.5 Å². The standard InChI is InChI=1S/C14H13NO3S/c16-14-10(8-19)1-3-11(15-14)9-2-4-12-13(7-9)18-6-5-17-12/h1-4,7,19H,5-6,8H2,(H,15,16). The van der Waals surface area contributed by atoms with E-state index in [9.17, 15) is 4.79 Å². The van der Waals surface area contributed by atoms with Gasteiger partial charge in [0.25, 0.3) is 5.56 Å². The topological polar surface area (TPSA) is 51.3 Å². The van der Waals surface area contributed by atoms with Gasteiger partial charge in [-0.3, -0.25) is 4.79 Å². The largest absolute Gasteiger partial charge is 0.486 e. The number of hydrogen-bond acceptors (Lipinski definition) is 4. The second-order valence-electron chi connectivity index (χ2n) is 4.24. The molecule has 5 heteroatoms. The number of ether oxygens (including phenoxy) is 2. The van der Waals surface area contributed by atoms with Gasteiger partial charge in [0.2, 0.25) is 0 Å². The number of nitrogens with one attached hydrogen (secondary N) is 1. The van der Waals surface area contributed by atoms with Crippen LogP contribution in [0.5, 0.6) is 11.5 Å². The molecule has 0 saturated carbocycles. The van der Waals surface area contributed by atoms with Crippen molar-refractivity contribution in [2.45, 2.75) is 5.75 Å². The maximum Gasteiger partial charge on any atom is 0.252 e. The Balaban J connectivity index is 2.02. The van der Waals surface area contributed by atoms with Gasteiger partial charge in [-0.2, -0.15) is 12.6 Å². The van der Waals surface area contributed by atoms with E-state index < -0.39 is 0 Å². The van der Waals surface area contributed by atoms with Crippen LogP contribution in [-0.4, -0.2) is 18.2 Å². The van der Waals surface area contributed by atoms with Crippen LogP contribution in [0, 0.1) is 0 Å². The Morgan fingerprint density at radius 2 is 1.89 bits per heavy atom. The molecule has 1 aromatic heterocycles.